The zero-order chi connectivity index (χ0) is 33.0. The van der Waals surface area contributed by atoms with Crippen molar-refractivity contribution in [1.29, 1.82) is 0 Å². The topological polar surface area (TPSA) is 12.5 Å². The van der Waals surface area contributed by atoms with Crippen LogP contribution < -0.4 is 20.7 Å². The van der Waals surface area contributed by atoms with Crippen molar-refractivity contribution in [2.24, 2.45) is 0 Å². The summed E-state index contributed by atoms with van der Waals surface area (Å²) in [4.78, 5) is 2.13. The van der Waals surface area contributed by atoms with Gasteiger partial charge in [-0.15, -0.1) is 0 Å². The van der Waals surface area contributed by atoms with Gasteiger partial charge in [0.15, 0.2) is 0 Å². The van der Waals surface area contributed by atoms with Gasteiger partial charge in [0.1, 0.15) is 35.5 Å². The molecule has 3 heteroatoms. The molecule has 0 fully saturated rings. The van der Waals surface area contributed by atoms with Crippen LogP contribution in [0.4, 0.5) is 0 Å². The van der Waals surface area contributed by atoms with Gasteiger partial charge in [-0.05, 0) is 96.5 Å². The van der Waals surface area contributed by atoms with Crippen LogP contribution in [0.2, 0.25) is 0 Å². The summed E-state index contributed by atoms with van der Waals surface area (Å²) in [6.07, 6.45) is 5.68. The molecule has 48 heavy (non-hydrogen) atoms. The monoisotopic (exact) mass is 644 g/mol. The Bertz CT molecular complexity index is 1810. The lowest BCUT2D eigenvalue weighted by Crippen LogP contribution is -2.32. The lowest BCUT2D eigenvalue weighted by Gasteiger charge is -2.26. The minimum absolute atomic E-state index is 0.654. The molecule has 0 aromatic heterocycles. The normalized spacial score (nSPS) is 12.2. The molecule has 6 aromatic rings. The Morgan fingerprint density at radius 1 is 0.521 bits per heavy atom. The molecule has 6 rings (SSSR count). The van der Waals surface area contributed by atoms with E-state index in [0.29, 0.717) is 6.61 Å². The number of hydrogen-bond donors (Lipinski definition) is 0. The Labute approximate surface area is 287 Å². The van der Waals surface area contributed by atoms with Gasteiger partial charge >= 0.3 is 0 Å². The third-order valence-electron chi connectivity index (χ3n) is 8.62. The molecule has 2 nitrogen and oxygen atoms in total. The van der Waals surface area contributed by atoms with E-state index in [4.69, 9.17) is 4.74 Å². The van der Waals surface area contributed by atoms with Gasteiger partial charge in [0.25, 0.3) is 0 Å². The first-order chi connectivity index (χ1) is 23.6. The summed E-state index contributed by atoms with van der Waals surface area (Å²) in [6.45, 7) is 1.53. The van der Waals surface area contributed by atoms with Crippen molar-refractivity contribution < 1.29 is 4.74 Å². The summed E-state index contributed by atoms with van der Waals surface area (Å²) in [5.41, 5.74) is 5.90. The van der Waals surface area contributed by atoms with E-state index in [0.717, 1.165) is 24.0 Å². The minimum Gasteiger partial charge on any atom is -0.492 e. The van der Waals surface area contributed by atoms with Gasteiger partial charge < -0.3 is 9.64 Å². The van der Waals surface area contributed by atoms with Crippen LogP contribution in [0.1, 0.15) is 16.7 Å². The highest BCUT2D eigenvalue weighted by Crippen LogP contribution is 2.55. The number of benzene rings is 6. The van der Waals surface area contributed by atoms with Crippen LogP contribution in [0.5, 0.6) is 5.75 Å². The fourth-order valence-electron chi connectivity index (χ4n) is 6.23. The Morgan fingerprint density at radius 2 is 0.938 bits per heavy atom. The molecule has 0 saturated heterocycles. The molecule has 0 aliphatic heterocycles. The van der Waals surface area contributed by atoms with Crippen molar-refractivity contribution in [3.05, 3.63) is 205 Å². The van der Waals surface area contributed by atoms with Crippen LogP contribution in [0.25, 0.3) is 11.1 Å². The zero-order valence-electron chi connectivity index (χ0n) is 27.8. The smallest absolute Gasteiger partial charge is 0.119 e. The van der Waals surface area contributed by atoms with Crippen molar-refractivity contribution in [3.63, 3.8) is 0 Å². The van der Waals surface area contributed by atoms with Crippen LogP contribution >= 0.6 is 7.26 Å². The second kappa shape index (κ2) is 16.2. The van der Waals surface area contributed by atoms with E-state index in [2.05, 4.69) is 207 Å². The number of nitrogens with zero attached hydrogens (tertiary/aromatic N) is 1. The SMILES string of the molecule is CN(C)CCOc1ccc(/C(=C(/C=CC[P+](c2ccccc2)(c2ccccc2)c2ccccc2)c2ccccc2)c2ccccc2)cc1. The highest BCUT2D eigenvalue weighted by atomic mass is 31.2. The quantitative estimate of drug-likeness (QED) is 0.0707. The van der Waals surface area contributed by atoms with Crippen molar-refractivity contribution >= 4 is 34.3 Å². The van der Waals surface area contributed by atoms with E-state index >= 15 is 0 Å². The van der Waals surface area contributed by atoms with Gasteiger partial charge in [0, 0.05) is 6.54 Å². The highest BCUT2D eigenvalue weighted by molar-refractivity contribution is 7.95. The first-order valence-electron chi connectivity index (χ1n) is 16.6. The maximum absolute atomic E-state index is 6.06. The van der Waals surface area contributed by atoms with Gasteiger partial charge in [0.05, 0.1) is 6.16 Å². The van der Waals surface area contributed by atoms with E-state index < -0.39 is 7.26 Å². The molecular formula is C45H43NOP+. The van der Waals surface area contributed by atoms with Gasteiger partial charge in [-0.1, -0.05) is 133 Å². The number of likely N-dealkylation sites (N-methyl/N-ethyl adjacent to an activating group) is 1. The van der Waals surface area contributed by atoms with E-state index in [1.54, 1.807) is 0 Å². The Balaban J connectivity index is 1.50. The highest BCUT2D eigenvalue weighted by Gasteiger charge is 2.44. The lowest BCUT2D eigenvalue weighted by molar-refractivity contribution is 0.261. The summed E-state index contributed by atoms with van der Waals surface area (Å²) < 4.78 is 6.06. The molecule has 0 saturated carbocycles. The predicted molar refractivity (Wildman–Crippen MR) is 208 cm³/mol. The molecule has 0 aliphatic carbocycles. The average molecular weight is 645 g/mol. The molecule has 0 radical (unpaired) electrons. The van der Waals surface area contributed by atoms with Crippen molar-refractivity contribution in [2.75, 3.05) is 33.4 Å². The Kier molecular flexibility index (Phi) is 11.1. The lowest BCUT2D eigenvalue weighted by atomic mass is 9.89. The Morgan fingerprint density at radius 3 is 1.40 bits per heavy atom. The molecule has 0 amide bonds. The molecule has 0 bridgehead atoms. The van der Waals surface area contributed by atoms with Gasteiger partial charge in [0.2, 0.25) is 0 Å². The maximum atomic E-state index is 6.06. The van der Waals surface area contributed by atoms with Gasteiger partial charge in [-0.2, -0.15) is 0 Å². The second-order valence-electron chi connectivity index (χ2n) is 12.1. The summed E-state index contributed by atoms with van der Waals surface area (Å²) in [5, 5.41) is 4.14. The molecule has 6 aromatic carbocycles. The number of rotatable bonds is 13. The predicted octanol–water partition coefficient (Wildman–Crippen LogP) is 9.14. The number of hydrogen-bond acceptors (Lipinski definition) is 2. The molecule has 0 atom stereocenters. The van der Waals surface area contributed by atoms with Crippen molar-refractivity contribution in [2.45, 2.75) is 0 Å². The zero-order valence-corrected chi connectivity index (χ0v) is 28.7. The van der Waals surface area contributed by atoms with Crippen LogP contribution in [-0.2, 0) is 0 Å². The fraction of sp³-hybridized carbons (Fsp3) is 0.111. The first-order valence-corrected chi connectivity index (χ1v) is 18.6. The van der Waals surface area contributed by atoms with E-state index in [1.165, 1.54) is 38.2 Å². The minimum atomic E-state index is -2.03. The number of ether oxygens (including phenoxy) is 1. The second-order valence-corrected chi connectivity index (χ2v) is 15.6. The molecule has 0 N–H and O–H groups in total. The summed E-state index contributed by atoms with van der Waals surface area (Å²) in [5.74, 6) is 0.882. The molecule has 0 spiro atoms. The van der Waals surface area contributed by atoms with E-state index in [1.807, 2.05) is 0 Å². The third-order valence-corrected chi connectivity index (χ3v) is 12.9. The standard InChI is InChI=1S/C45H43NOP/c1-46(2)34-35-47-40-32-30-39(31-33-40)45(38-21-10-4-11-22-38)44(37-19-8-3-9-20-37)29-18-36-48(41-23-12-5-13-24-41,42-25-14-6-15-26-42)43-27-16-7-17-28-43/h3-33H,34-36H2,1-2H3/q+1/b29-18?,45-44-. The van der Waals surface area contributed by atoms with E-state index in [-0.39, 0.29) is 0 Å². The molecule has 0 unspecified atom stereocenters. The maximum Gasteiger partial charge on any atom is 0.119 e. The molecule has 238 valence electrons. The van der Waals surface area contributed by atoms with E-state index in [9.17, 15) is 0 Å². The largest absolute Gasteiger partial charge is 0.492 e. The molecule has 0 heterocycles. The Hall–Kier alpha value is -5.01. The van der Waals surface area contributed by atoms with Crippen LogP contribution in [0, 0.1) is 0 Å². The summed E-state index contributed by atoms with van der Waals surface area (Å²) in [6, 6.07) is 63.4. The van der Waals surface area contributed by atoms with Crippen LogP contribution in [-0.4, -0.2) is 38.3 Å². The average Bonchev–Trinajstić information content (AvgIpc) is 3.15. The number of allylic oxidation sites excluding steroid dienone is 3. The van der Waals surface area contributed by atoms with Crippen molar-refractivity contribution in [3.8, 4) is 5.75 Å². The van der Waals surface area contributed by atoms with Crippen LogP contribution in [0.15, 0.2) is 188 Å². The molecule has 0 aliphatic rings. The molecular weight excluding hydrogens is 601 g/mol. The van der Waals surface area contributed by atoms with Crippen LogP contribution in [0.3, 0.4) is 0 Å². The fourth-order valence-corrected chi connectivity index (χ4v) is 10.2. The third kappa shape index (κ3) is 7.75. The summed E-state index contributed by atoms with van der Waals surface area (Å²) in [7, 11) is 2.10. The first kappa shape index (κ1) is 32.9. The summed E-state index contributed by atoms with van der Waals surface area (Å²) >= 11 is 0. The van der Waals surface area contributed by atoms with Gasteiger partial charge in [-0.3, -0.25) is 0 Å². The van der Waals surface area contributed by atoms with Crippen molar-refractivity contribution in [1.82, 2.24) is 4.90 Å². The van der Waals surface area contributed by atoms with Gasteiger partial charge in [-0.25, -0.2) is 0 Å².